The summed E-state index contributed by atoms with van der Waals surface area (Å²) in [6.45, 7) is 0.260. The third kappa shape index (κ3) is 5.56. The molecule has 0 saturated carbocycles. The van der Waals surface area contributed by atoms with Crippen molar-refractivity contribution in [1.82, 2.24) is 0 Å². The van der Waals surface area contributed by atoms with Crippen LogP contribution in [-0.2, 0) is 11.0 Å². The highest BCUT2D eigenvalue weighted by molar-refractivity contribution is 6.31. The first-order valence-corrected chi connectivity index (χ1v) is 7.79. The zero-order valence-corrected chi connectivity index (χ0v) is 13.8. The summed E-state index contributed by atoms with van der Waals surface area (Å²) >= 11 is 5.53. The van der Waals surface area contributed by atoms with Gasteiger partial charge in [-0.25, -0.2) is 0 Å². The number of para-hydroxylation sites is 2. The number of carbonyl (C=O) groups excluding carboxylic acids is 1. The van der Waals surface area contributed by atoms with E-state index >= 15 is 0 Å². The zero-order valence-electron chi connectivity index (χ0n) is 13.1. The van der Waals surface area contributed by atoms with Gasteiger partial charge in [-0.2, -0.15) is 13.2 Å². The van der Waals surface area contributed by atoms with Crippen LogP contribution in [0.1, 0.15) is 18.4 Å². The molecule has 0 aliphatic heterocycles. The van der Waals surface area contributed by atoms with Crippen LogP contribution in [0.15, 0.2) is 42.5 Å². The average Bonchev–Trinajstić information content (AvgIpc) is 2.54. The maximum absolute atomic E-state index is 12.8. The second kappa shape index (κ2) is 8.11. The fourth-order valence-electron chi connectivity index (χ4n) is 2.07. The van der Waals surface area contributed by atoms with Crippen LogP contribution in [0.4, 0.5) is 24.5 Å². The molecule has 0 radical (unpaired) electrons. The number of anilines is 2. The van der Waals surface area contributed by atoms with Gasteiger partial charge in [0, 0.05) is 12.1 Å². The number of halogens is 4. The largest absolute Gasteiger partial charge is 0.491 e. The van der Waals surface area contributed by atoms with Gasteiger partial charge in [-0.3, -0.25) is 4.79 Å². The summed E-state index contributed by atoms with van der Waals surface area (Å²) in [5.41, 5.74) is 5.26. The van der Waals surface area contributed by atoms with Gasteiger partial charge in [-0.15, -0.1) is 0 Å². The standard InChI is InChI=1S/C17H16ClF3N2O2/c18-13-8-7-11(10-12(13)17(19,20)21)23-16(24)6-3-9-25-15-5-2-1-4-14(15)22/h1-2,4-5,7-8,10H,3,6,9,22H2,(H,23,24). The molecule has 2 rings (SSSR count). The number of rotatable bonds is 6. The number of hydrogen-bond acceptors (Lipinski definition) is 3. The maximum atomic E-state index is 12.8. The van der Waals surface area contributed by atoms with Crippen molar-refractivity contribution in [2.45, 2.75) is 19.0 Å². The van der Waals surface area contributed by atoms with Crippen LogP contribution in [0, 0.1) is 0 Å². The van der Waals surface area contributed by atoms with Crippen molar-refractivity contribution in [2.75, 3.05) is 17.7 Å². The van der Waals surface area contributed by atoms with Crippen molar-refractivity contribution in [2.24, 2.45) is 0 Å². The summed E-state index contributed by atoms with van der Waals surface area (Å²) in [6.07, 6.45) is -4.10. The monoisotopic (exact) mass is 372 g/mol. The Morgan fingerprint density at radius 2 is 1.92 bits per heavy atom. The molecule has 8 heteroatoms. The predicted molar refractivity (Wildman–Crippen MR) is 90.7 cm³/mol. The lowest BCUT2D eigenvalue weighted by Crippen LogP contribution is -2.14. The van der Waals surface area contributed by atoms with E-state index in [1.807, 2.05) is 0 Å². The van der Waals surface area contributed by atoms with Gasteiger partial charge < -0.3 is 15.8 Å². The first-order valence-electron chi connectivity index (χ1n) is 7.41. The molecule has 25 heavy (non-hydrogen) atoms. The van der Waals surface area contributed by atoms with Gasteiger partial charge in [0.2, 0.25) is 5.91 Å². The molecule has 0 saturated heterocycles. The van der Waals surface area contributed by atoms with Gasteiger partial charge in [0.05, 0.1) is 22.9 Å². The summed E-state index contributed by atoms with van der Waals surface area (Å²) in [5.74, 6) is 0.107. The fraction of sp³-hybridized carbons (Fsp3) is 0.235. The number of nitrogens with two attached hydrogens (primary N) is 1. The molecule has 0 unspecified atom stereocenters. The Hall–Kier alpha value is -2.41. The van der Waals surface area contributed by atoms with Gasteiger partial charge in [-0.05, 0) is 36.8 Å². The lowest BCUT2D eigenvalue weighted by atomic mass is 10.2. The number of ether oxygens (including phenoxy) is 1. The van der Waals surface area contributed by atoms with E-state index in [-0.39, 0.29) is 18.7 Å². The SMILES string of the molecule is Nc1ccccc1OCCCC(=O)Nc1ccc(Cl)c(C(F)(F)F)c1. The van der Waals surface area contributed by atoms with E-state index < -0.39 is 22.7 Å². The minimum absolute atomic E-state index is 0.0370. The van der Waals surface area contributed by atoms with Crippen molar-refractivity contribution in [3.63, 3.8) is 0 Å². The van der Waals surface area contributed by atoms with Gasteiger partial charge in [0.25, 0.3) is 0 Å². The van der Waals surface area contributed by atoms with Crippen LogP contribution in [-0.4, -0.2) is 12.5 Å². The second-order valence-corrected chi connectivity index (χ2v) is 5.64. The van der Waals surface area contributed by atoms with Gasteiger partial charge in [0.15, 0.2) is 0 Å². The van der Waals surface area contributed by atoms with E-state index in [2.05, 4.69) is 5.32 Å². The number of carbonyl (C=O) groups is 1. The van der Waals surface area contributed by atoms with Crippen molar-refractivity contribution in [3.05, 3.63) is 53.1 Å². The highest BCUT2D eigenvalue weighted by atomic mass is 35.5. The van der Waals surface area contributed by atoms with Crippen LogP contribution in [0.2, 0.25) is 5.02 Å². The first-order chi connectivity index (χ1) is 11.8. The van der Waals surface area contributed by atoms with Crippen LogP contribution >= 0.6 is 11.6 Å². The number of benzene rings is 2. The quantitative estimate of drug-likeness (QED) is 0.568. The molecule has 2 aromatic rings. The summed E-state index contributed by atoms with van der Waals surface area (Å²) in [7, 11) is 0. The molecule has 1 amide bonds. The molecule has 3 N–H and O–H groups in total. The van der Waals surface area contributed by atoms with Crippen LogP contribution in [0.25, 0.3) is 0 Å². The molecular formula is C17H16ClF3N2O2. The Bertz CT molecular complexity index is 751. The highest BCUT2D eigenvalue weighted by Gasteiger charge is 2.33. The van der Waals surface area contributed by atoms with Crippen LogP contribution in [0.5, 0.6) is 5.75 Å². The molecule has 4 nitrogen and oxygen atoms in total. The van der Waals surface area contributed by atoms with Gasteiger partial charge in [-0.1, -0.05) is 23.7 Å². The number of nitrogen functional groups attached to an aromatic ring is 1. The van der Waals surface area contributed by atoms with E-state index in [1.54, 1.807) is 24.3 Å². The third-order valence-corrected chi connectivity index (χ3v) is 3.61. The average molecular weight is 373 g/mol. The zero-order chi connectivity index (χ0) is 18.4. The number of alkyl halides is 3. The number of hydrogen-bond donors (Lipinski definition) is 2. The summed E-state index contributed by atoms with van der Waals surface area (Å²) < 4.78 is 43.8. The molecule has 0 heterocycles. The molecule has 0 atom stereocenters. The van der Waals surface area contributed by atoms with E-state index in [0.29, 0.717) is 17.9 Å². The predicted octanol–water partition coefficient (Wildman–Crippen LogP) is 4.74. The Kier molecular flexibility index (Phi) is 6.14. The van der Waals surface area contributed by atoms with Gasteiger partial charge in [0.1, 0.15) is 5.75 Å². The molecule has 134 valence electrons. The van der Waals surface area contributed by atoms with Crippen molar-refractivity contribution in [1.29, 1.82) is 0 Å². The Morgan fingerprint density at radius 1 is 1.20 bits per heavy atom. The van der Waals surface area contributed by atoms with Gasteiger partial charge >= 0.3 is 6.18 Å². The van der Waals surface area contributed by atoms with Crippen molar-refractivity contribution in [3.8, 4) is 5.75 Å². The number of amides is 1. The third-order valence-electron chi connectivity index (χ3n) is 3.28. The van der Waals surface area contributed by atoms with Crippen LogP contribution in [0.3, 0.4) is 0 Å². The molecule has 0 aliphatic carbocycles. The highest BCUT2D eigenvalue weighted by Crippen LogP contribution is 2.36. The normalized spacial score (nSPS) is 11.2. The van der Waals surface area contributed by atoms with E-state index in [4.69, 9.17) is 22.1 Å². The fourth-order valence-corrected chi connectivity index (χ4v) is 2.30. The Morgan fingerprint density at radius 3 is 2.60 bits per heavy atom. The minimum Gasteiger partial charge on any atom is -0.491 e. The molecule has 0 fully saturated rings. The topological polar surface area (TPSA) is 64.3 Å². The summed E-state index contributed by atoms with van der Waals surface area (Å²) in [4.78, 5) is 11.8. The van der Waals surface area contributed by atoms with E-state index in [9.17, 15) is 18.0 Å². The lowest BCUT2D eigenvalue weighted by Gasteiger charge is -2.12. The minimum atomic E-state index is -4.58. The Labute approximate surface area is 147 Å². The molecule has 0 spiro atoms. The molecule has 0 aromatic heterocycles. The molecule has 2 aromatic carbocycles. The molecular weight excluding hydrogens is 357 g/mol. The molecule has 0 bridgehead atoms. The Balaban J connectivity index is 1.84. The van der Waals surface area contributed by atoms with Crippen LogP contribution < -0.4 is 15.8 Å². The van der Waals surface area contributed by atoms with E-state index in [1.165, 1.54) is 6.07 Å². The van der Waals surface area contributed by atoms with Crippen molar-refractivity contribution < 1.29 is 22.7 Å². The maximum Gasteiger partial charge on any atom is 0.417 e. The second-order valence-electron chi connectivity index (χ2n) is 5.23. The first kappa shape index (κ1) is 18.9. The number of nitrogens with one attached hydrogen (secondary N) is 1. The van der Waals surface area contributed by atoms with Crippen molar-refractivity contribution >= 4 is 28.9 Å². The summed E-state index contributed by atoms with van der Waals surface area (Å²) in [6, 6.07) is 10.2. The summed E-state index contributed by atoms with van der Waals surface area (Å²) in [5, 5.41) is 2.00. The molecule has 0 aliphatic rings. The lowest BCUT2D eigenvalue weighted by molar-refractivity contribution is -0.137. The smallest absolute Gasteiger partial charge is 0.417 e. The van der Waals surface area contributed by atoms with E-state index in [0.717, 1.165) is 12.1 Å².